The number of hydrogen-bond donors (Lipinski definition) is 3. The summed E-state index contributed by atoms with van der Waals surface area (Å²) in [4.78, 5) is 42.2. The van der Waals surface area contributed by atoms with Crippen LogP contribution in [-0.4, -0.2) is 77.5 Å². The summed E-state index contributed by atoms with van der Waals surface area (Å²) in [5, 5.41) is 15.5. The average Bonchev–Trinajstić information content (AvgIpc) is 2.93. The summed E-state index contributed by atoms with van der Waals surface area (Å²) in [5.41, 5.74) is 5.09. The monoisotopic (exact) mass is 513 g/mol. The van der Waals surface area contributed by atoms with E-state index in [1.165, 1.54) is 4.90 Å². The summed E-state index contributed by atoms with van der Waals surface area (Å²) < 4.78 is 0. The zero-order valence-corrected chi connectivity index (χ0v) is 21.5. The van der Waals surface area contributed by atoms with E-state index in [0.29, 0.717) is 23.6 Å². The zero-order valence-electron chi connectivity index (χ0n) is 21.5. The zero-order chi connectivity index (χ0) is 26.6. The molecule has 0 spiro atoms. The molecule has 0 radical (unpaired) electrons. The van der Waals surface area contributed by atoms with Crippen molar-refractivity contribution in [3.63, 3.8) is 0 Å². The number of aliphatic hydroxyl groups excluding tert-OH is 1. The molecule has 4 heterocycles. The summed E-state index contributed by atoms with van der Waals surface area (Å²) in [7, 11) is 3.35. The van der Waals surface area contributed by atoms with Crippen molar-refractivity contribution < 1.29 is 14.7 Å². The SMILES string of the molecule is CN(C)C(=O)Nc1cncc(-c2ccc3c(c2)C(C(=O)Nc2ccc(N4CCC(O)CC4)nc2)=NCC3)c1. The Morgan fingerprint density at radius 3 is 2.53 bits per heavy atom. The van der Waals surface area contributed by atoms with Crippen LogP contribution in [-0.2, 0) is 11.2 Å². The van der Waals surface area contributed by atoms with Gasteiger partial charge in [0.2, 0.25) is 0 Å². The smallest absolute Gasteiger partial charge is 0.321 e. The van der Waals surface area contributed by atoms with Gasteiger partial charge in [-0.1, -0.05) is 12.1 Å². The molecule has 0 aliphatic carbocycles. The van der Waals surface area contributed by atoms with E-state index in [4.69, 9.17) is 0 Å². The summed E-state index contributed by atoms with van der Waals surface area (Å²) in [6, 6.07) is 11.3. The molecule has 196 valence electrons. The molecule has 0 bridgehead atoms. The van der Waals surface area contributed by atoms with Crippen molar-refractivity contribution in [3.05, 3.63) is 66.1 Å². The number of anilines is 3. The molecule has 0 saturated carbocycles. The number of nitrogens with zero attached hydrogens (tertiary/aromatic N) is 5. The standard InChI is InChI=1S/C28H31N7O3/c1-34(2)28(38)33-22-13-20(15-29-16-22)19-4-3-18-7-10-30-26(24(18)14-19)27(37)32-21-5-6-25(31-17-21)35-11-8-23(36)9-12-35/h3-6,13-17,23,36H,7-12H2,1-2H3,(H,32,37)(H,33,38). The van der Waals surface area contributed by atoms with Gasteiger partial charge < -0.3 is 25.5 Å². The number of piperidine rings is 1. The third kappa shape index (κ3) is 5.65. The number of pyridine rings is 2. The molecule has 2 aliphatic heterocycles. The minimum absolute atomic E-state index is 0.238. The van der Waals surface area contributed by atoms with Gasteiger partial charge in [-0.15, -0.1) is 0 Å². The lowest BCUT2D eigenvalue weighted by Gasteiger charge is -2.30. The summed E-state index contributed by atoms with van der Waals surface area (Å²) in [6.45, 7) is 2.06. The maximum absolute atomic E-state index is 13.3. The van der Waals surface area contributed by atoms with E-state index in [0.717, 1.165) is 60.4 Å². The number of urea groups is 1. The van der Waals surface area contributed by atoms with Crippen LogP contribution >= 0.6 is 0 Å². The molecule has 2 aliphatic rings. The fourth-order valence-corrected chi connectivity index (χ4v) is 4.60. The predicted molar refractivity (Wildman–Crippen MR) is 148 cm³/mol. The molecular weight excluding hydrogens is 482 g/mol. The van der Waals surface area contributed by atoms with Crippen LogP contribution < -0.4 is 15.5 Å². The Morgan fingerprint density at radius 2 is 1.79 bits per heavy atom. The number of amides is 3. The van der Waals surface area contributed by atoms with Gasteiger partial charge in [-0.05, 0) is 54.7 Å². The van der Waals surface area contributed by atoms with Gasteiger partial charge in [0.1, 0.15) is 11.5 Å². The van der Waals surface area contributed by atoms with Crippen molar-refractivity contribution >= 4 is 34.8 Å². The minimum atomic E-state index is -0.288. The first-order valence-electron chi connectivity index (χ1n) is 12.7. The van der Waals surface area contributed by atoms with E-state index in [1.807, 2.05) is 36.4 Å². The van der Waals surface area contributed by atoms with Gasteiger partial charge >= 0.3 is 6.03 Å². The van der Waals surface area contributed by atoms with Crippen molar-refractivity contribution in [2.45, 2.75) is 25.4 Å². The van der Waals surface area contributed by atoms with E-state index in [1.54, 1.807) is 32.7 Å². The number of hydrogen-bond acceptors (Lipinski definition) is 7. The largest absolute Gasteiger partial charge is 0.393 e. The van der Waals surface area contributed by atoms with E-state index in [2.05, 4.69) is 30.5 Å². The van der Waals surface area contributed by atoms with Gasteiger partial charge in [0.25, 0.3) is 5.91 Å². The highest BCUT2D eigenvalue weighted by Crippen LogP contribution is 2.27. The van der Waals surface area contributed by atoms with Crippen LogP contribution in [0.1, 0.15) is 24.0 Å². The Balaban J connectivity index is 1.32. The van der Waals surface area contributed by atoms with Crippen molar-refractivity contribution in [2.24, 2.45) is 4.99 Å². The normalized spacial score (nSPS) is 15.3. The summed E-state index contributed by atoms with van der Waals surface area (Å²) in [5.74, 6) is 0.543. The van der Waals surface area contributed by atoms with Crippen molar-refractivity contribution in [2.75, 3.05) is 49.3 Å². The highest BCUT2D eigenvalue weighted by atomic mass is 16.3. The molecule has 3 amide bonds. The lowest BCUT2D eigenvalue weighted by Crippen LogP contribution is -2.36. The van der Waals surface area contributed by atoms with Gasteiger partial charge in [0, 0.05) is 51.1 Å². The number of aliphatic imine (C=N–C) groups is 1. The minimum Gasteiger partial charge on any atom is -0.393 e. The third-order valence-corrected chi connectivity index (χ3v) is 6.75. The number of fused-ring (bicyclic) bond motifs is 1. The van der Waals surface area contributed by atoms with E-state index >= 15 is 0 Å². The molecule has 10 nitrogen and oxygen atoms in total. The number of nitrogens with one attached hydrogen (secondary N) is 2. The highest BCUT2D eigenvalue weighted by Gasteiger charge is 2.22. The Bertz CT molecular complexity index is 1360. The topological polar surface area (TPSA) is 123 Å². The van der Waals surface area contributed by atoms with Crippen LogP contribution in [0.5, 0.6) is 0 Å². The lowest BCUT2D eigenvalue weighted by atomic mass is 9.93. The predicted octanol–water partition coefficient (Wildman–Crippen LogP) is 3.18. The van der Waals surface area contributed by atoms with Gasteiger partial charge in [0.05, 0.1) is 29.9 Å². The number of carbonyl (C=O) groups is 2. The van der Waals surface area contributed by atoms with Gasteiger partial charge in [-0.3, -0.25) is 14.8 Å². The van der Waals surface area contributed by atoms with Crippen molar-refractivity contribution in [1.29, 1.82) is 0 Å². The molecule has 2 aromatic heterocycles. The van der Waals surface area contributed by atoms with Gasteiger partial charge in [0.15, 0.2) is 0 Å². The second kappa shape index (κ2) is 11.0. The second-order valence-electron chi connectivity index (χ2n) is 9.72. The van der Waals surface area contributed by atoms with Crippen LogP contribution in [0.25, 0.3) is 11.1 Å². The molecular formula is C28H31N7O3. The van der Waals surface area contributed by atoms with Gasteiger partial charge in [-0.25, -0.2) is 9.78 Å². The second-order valence-corrected chi connectivity index (χ2v) is 9.72. The molecule has 38 heavy (non-hydrogen) atoms. The molecule has 1 aromatic carbocycles. The molecule has 0 unspecified atom stereocenters. The summed E-state index contributed by atoms with van der Waals surface area (Å²) >= 11 is 0. The molecule has 0 atom stereocenters. The first kappa shape index (κ1) is 25.3. The van der Waals surface area contributed by atoms with Crippen LogP contribution in [0.15, 0.2) is 60.0 Å². The number of aromatic nitrogens is 2. The molecule has 3 N–H and O–H groups in total. The Hall–Kier alpha value is -4.31. The maximum atomic E-state index is 13.3. The number of benzene rings is 1. The van der Waals surface area contributed by atoms with Gasteiger partial charge in [-0.2, -0.15) is 0 Å². The Morgan fingerprint density at radius 1 is 0.974 bits per heavy atom. The molecule has 1 fully saturated rings. The molecule has 10 heteroatoms. The number of aliphatic hydroxyl groups is 1. The molecule has 5 rings (SSSR count). The first-order valence-corrected chi connectivity index (χ1v) is 12.7. The maximum Gasteiger partial charge on any atom is 0.321 e. The van der Waals surface area contributed by atoms with Crippen molar-refractivity contribution in [3.8, 4) is 11.1 Å². The highest BCUT2D eigenvalue weighted by molar-refractivity contribution is 6.49. The molecule has 1 saturated heterocycles. The van der Waals surface area contributed by atoms with Crippen LogP contribution in [0, 0.1) is 0 Å². The van der Waals surface area contributed by atoms with E-state index in [-0.39, 0.29) is 18.0 Å². The summed E-state index contributed by atoms with van der Waals surface area (Å²) in [6.07, 6.45) is 6.94. The third-order valence-electron chi connectivity index (χ3n) is 6.75. The quantitative estimate of drug-likeness (QED) is 0.482. The molecule has 3 aromatic rings. The van der Waals surface area contributed by atoms with Crippen molar-refractivity contribution in [1.82, 2.24) is 14.9 Å². The number of carbonyl (C=O) groups excluding carboxylic acids is 2. The van der Waals surface area contributed by atoms with E-state index in [9.17, 15) is 14.7 Å². The average molecular weight is 514 g/mol. The Kier molecular flexibility index (Phi) is 7.32. The van der Waals surface area contributed by atoms with E-state index < -0.39 is 0 Å². The van der Waals surface area contributed by atoms with Crippen LogP contribution in [0.3, 0.4) is 0 Å². The lowest BCUT2D eigenvalue weighted by molar-refractivity contribution is -0.110. The Labute approximate surface area is 221 Å². The fourth-order valence-electron chi connectivity index (χ4n) is 4.60. The first-order chi connectivity index (χ1) is 18.4. The fraction of sp³-hybridized carbons (Fsp3) is 0.321. The number of rotatable bonds is 5. The van der Waals surface area contributed by atoms with Crippen LogP contribution in [0.4, 0.5) is 22.0 Å². The van der Waals surface area contributed by atoms with Crippen LogP contribution in [0.2, 0.25) is 0 Å².